The average Bonchev–Trinajstić information content (AvgIpc) is 2.39. The number of ether oxygens (including phenoxy) is 1. The highest BCUT2D eigenvalue weighted by molar-refractivity contribution is 5.89. The number of carbonyl (C=O) groups excluding carboxylic acids is 1. The number of hydrogen-bond acceptors (Lipinski definition) is 2. The first-order valence-electron chi connectivity index (χ1n) is 7.34. The molecule has 1 aliphatic rings. The van der Waals surface area contributed by atoms with Gasteiger partial charge in [-0.3, -0.25) is 0 Å². The molecule has 2 heteroatoms. The van der Waals surface area contributed by atoms with Crippen LogP contribution >= 0.6 is 0 Å². The number of carbonyl (C=O) groups is 1. The molecule has 0 spiro atoms. The van der Waals surface area contributed by atoms with Crippen LogP contribution in [0.4, 0.5) is 0 Å². The summed E-state index contributed by atoms with van der Waals surface area (Å²) in [5.74, 6) is 1.55. The van der Waals surface area contributed by atoms with Crippen molar-refractivity contribution >= 4 is 5.97 Å². The SMILES string of the molecule is CC(C)[C@@H]1CC[C@@H](C)C[C@H]1OC(=O)c1ccccc1. The highest BCUT2D eigenvalue weighted by atomic mass is 16.5. The van der Waals surface area contributed by atoms with Gasteiger partial charge in [0.05, 0.1) is 5.56 Å². The lowest BCUT2D eigenvalue weighted by molar-refractivity contribution is -0.0174. The van der Waals surface area contributed by atoms with Crippen molar-refractivity contribution in [2.75, 3.05) is 0 Å². The maximum atomic E-state index is 12.2. The first-order chi connectivity index (χ1) is 9.08. The first-order valence-corrected chi connectivity index (χ1v) is 7.34. The zero-order chi connectivity index (χ0) is 13.8. The van der Waals surface area contributed by atoms with E-state index in [1.807, 2.05) is 30.3 Å². The number of benzene rings is 1. The molecule has 0 heterocycles. The van der Waals surface area contributed by atoms with Crippen LogP contribution in [0.1, 0.15) is 50.4 Å². The summed E-state index contributed by atoms with van der Waals surface area (Å²) in [6, 6.07) is 9.30. The zero-order valence-corrected chi connectivity index (χ0v) is 12.1. The van der Waals surface area contributed by atoms with Gasteiger partial charge in [0.15, 0.2) is 0 Å². The quantitative estimate of drug-likeness (QED) is 0.757. The minimum absolute atomic E-state index is 0.0801. The summed E-state index contributed by atoms with van der Waals surface area (Å²) in [4.78, 5) is 12.2. The van der Waals surface area contributed by atoms with E-state index in [1.54, 1.807) is 0 Å². The summed E-state index contributed by atoms with van der Waals surface area (Å²) in [5.41, 5.74) is 0.656. The van der Waals surface area contributed by atoms with Crippen molar-refractivity contribution in [3.63, 3.8) is 0 Å². The molecule has 0 bridgehead atoms. The van der Waals surface area contributed by atoms with Gasteiger partial charge in [0.2, 0.25) is 0 Å². The maximum Gasteiger partial charge on any atom is 0.338 e. The van der Waals surface area contributed by atoms with Crippen molar-refractivity contribution in [2.24, 2.45) is 17.8 Å². The molecule has 0 saturated heterocycles. The van der Waals surface area contributed by atoms with E-state index in [9.17, 15) is 4.79 Å². The number of esters is 1. The lowest BCUT2D eigenvalue weighted by atomic mass is 9.75. The Morgan fingerprint density at radius 1 is 1.21 bits per heavy atom. The largest absolute Gasteiger partial charge is 0.458 e. The fourth-order valence-electron chi connectivity index (χ4n) is 3.03. The summed E-state index contributed by atoms with van der Waals surface area (Å²) in [6.07, 6.45) is 3.51. The lowest BCUT2D eigenvalue weighted by Crippen LogP contribution is -2.35. The topological polar surface area (TPSA) is 26.3 Å². The van der Waals surface area contributed by atoms with Crippen LogP contribution < -0.4 is 0 Å². The van der Waals surface area contributed by atoms with Crippen LogP contribution in [0.5, 0.6) is 0 Å². The van der Waals surface area contributed by atoms with Gasteiger partial charge in [0, 0.05) is 0 Å². The fourth-order valence-corrected chi connectivity index (χ4v) is 3.03. The molecule has 2 rings (SSSR count). The molecule has 0 amide bonds. The van der Waals surface area contributed by atoms with Crippen LogP contribution in [0.2, 0.25) is 0 Å². The van der Waals surface area contributed by atoms with Gasteiger partial charge in [0.25, 0.3) is 0 Å². The summed E-state index contributed by atoms with van der Waals surface area (Å²) in [7, 11) is 0. The zero-order valence-electron chi connectivity index (χ0n) is 12.1. The first kappa shape index (κ1) is 14.1. The molecular formula is C17H24O2. The Bertz CT molecular complexity index is 411. The summed E-state index contributed by atoms with van der Waals surface area (Å²) >= 11 is 0. The molecule has 1 aliphatic carbocycles. The Hall–Kier alpha value is -1.31. The molecule has 0 aromatic heterocycles. The molecule has 2 nitrogen and oxygen atoms in total. The Morgan fingerprint density at radius 3 is 2.53 bits per heavy atom. The van der Waals surface area contributed by atoms with Gasteiger partial charge in [-0.25, -0.2) is 4.79 Å². The molecule has 1 fully saturated rings. The molecule has 1 aromatic carbocycles. The summed E-state index contributed by atoms with van der Waals surface area (Å²) in [6.45, 7) is 6.70. The molecule has 19 heavy (non-hydrogen) atoms. The van der Waals surface area contributed by atoms with Crippen molar-refractivity contribution in [3.8, 4) is 0 Å². The van der Waals surface area contributed by atoms with Crippen LogP contribution in [-0.4, -0.2) is 12.1 Å². The highest BCUT2D eigenvalue weighted by Gasteiger charge is 2.33. The second-order valence-electron chi connectivity index (χ2n) is 6.14. The van der Waals surface area contributed by atoms with E-state index >= 15 is 0 Å². The van der Waals surface area contributed by atoms with Gasteiger partial charge in [0.1, 0.15) is 6.10 Å². The van der Waals surface area contributed by atoms with E-state index in [2.05, 4.69) is 20.8 Å². The Balaban J connectivity index is 2.04. The molecular weight excluding hydrogens is 236 g/mol. The molecule has 3 atom stereocenters. The second-order valence-corrected chi connectivity index (χ2v) is 6.14. The van der Waals surface area contributed by atoms with Gasteiger partial charge in [-0.2, -0.15) is 0 Å². The van der Waals surface area contributed by atoms with Gasteiger partial charge < -0.3 is 4.74 Å². The van der Waals surface area contributed by atoms with E-state index < -0.39 is 0 Å². The van der Waals surface area contributed by atoms with Crippen molar-refractivity contribution in [2.45, 2.75) is 46.1 Å². The van der Waals surface area contributed by atoms with Crippen molar-refractivity contribution in [3.05, 3.63) is 35.9 Å². The van der Waals surface area contributed by atoms with Crippen LogP contribution in [0, 0.1) is 17.8 Å². The molecule has 0 aliphatic heterocycles. The van der Waals surface area contributed by atoms with E-state index in [0.29, 0.717) is 23.3 Å². The van der Waals surface area contributed by atoms with Crippen molar-refractivity contribution in [1.82, 2.24) is 0 Å². The molecule has 0 unspecified atom stereocenters. The average molecular weight is 260 g/mol. The molecule has 0 N–H and O–H groups in total. The standard InChI is InChI=1S/C17H24O2/c1-12(2)15-10-9-13(3)11-16(15)19-17(18)14-7-5-4-6-8-14/h4-8,12-13,15-16H,9-11H2,1-3H3/t13-,15+,16-/m1/s1. The van der Waals surface area contributed by atoms with Crippen LogP contribution in [0.3, 0.4) is 0 Å². The minimum atomic E-state index is -0.176. The third-order valence-electron chi connectivity index (χ3n) is 4.23. The summed E-state index contributed by atoms with van der Waals surface area (Å²) in [5, 5.41) is 0. The van der Waals surface area contributed by atoms with E-state index in [-0.39, 0.29) is 12.1 Å². The molecule has 1 aromatic rings. The Kier molecular flexibility index (Phi) is 4.62. The second kappa shape index (κ2) is 6.23. The van der Waals surface area contributed by atoms with Crippen LogP contribution in [0.25, 0.3) is 0 Å². The molecule has 104 valence electrons. The number of rotatable bonds is 3. The van der Waals surface area contributed by atoms with Crippen molar-refractivity contribution in [1.29, 1.82) is 0 Å². The van der Waals surface area contributed by atoms with Crippen LogP contribution in [0.15, 0.2) is 30.3 Å². The monoisotopic (exact) mass is 260 g/mol. The third-order valence-corrected chi connectivity index (χ3v) is 4.23. The number of hydrogen-bond donors (Lipinski definition) is 0. The smallest absolute Gasteiger partial charge is 0.338 e. The van der Waals surface area contributed by atoms with Gasteiger partial charge in [-0.1, -0.05) is 45.4 Å². The molecule has 0 radical (unpaired) electrons. The summed E-state index contributed by atoms with van der Waals surface area (Å²) < 4.78 is 5.78. The fraction of sp³-hybridized carbons (Fsp3) is 0.588. The minimum Gasteiger partial charge on any atom is -0.458 e. The van der Waals surface area contributed by atoms with Gasteiger partial charge >= 0.3 is 5.97 Å². The van der Waals surface area contributed by atoms with Gasteiger partial charge in [-0.15, -0.1) is 0 Å². The lowest BCUT2D eigenvalue weighted by Gasteiger charge is -2.36. The molecule has 1 saturated carbocycles. The Labute approximate surface area is 116 Å². The van der Waals surface area contributed by atoms with E-state index in [4.69, 9.17) is 4.74 Å². The predicted octanol–water partition coefficient (Wildman–Crippen LogP) is 4.30. The van der Waals surface area contributed by atoms with E-state index in [0.717, 1.165) is 6.42 Å². The Morgan fingerprint density at radius 2 is 1.89 bits per heavy atom. The third kappa shape index (κ3) is 3.59. The predicted molar refractivity (Wildman–Crippen MR) is 77.0 cm³/mol. The van der Waals surface area contributed by atoms with E-state index in [1.165, 1.54) is 12.8 Å². The van der Waals surface area contributed by atoms with Gasteiger partial charge in [-0.05, 0) is 42.7 Å². The normalized spacial score (nSPS) is 27.3. The highest BCUT2D eigenvalue weighted by Crippen LogP contribution is 2.35. The maximum absolute atomic E-state index is 12.2. The van der Waals surface area contributed by atoms with Crippen LogP contribution in [-0.2, 0) is 4.74 Å². The van der Waals surface area contributed by atoms with Crippen molar-refractivity contribution < 1.29 is 9.53 Å².